The third-order valence-electron chi connectivity index (χ3n) is 1.03. The van der Waals surface area contributed by atoms with E-state index in [1.54, 1.807) is 6.07 Å². The highest BCUT2D eigenvalue weighted by atomic mass is 79.9. The van der Waals surface area contributed by atoms with E-state index in [9.17, 15) is 4.79 Å². The van der Waals surface area contributed by atoms with Crippen LogP contribution in [0.3, 0.4) is 0 Å². The van der Waals surface area contributed by atoms with Crippen LogP contribution < -0.4 is 0 Å². The Kier molecular flexibility index (Phi) is 3.88. The Morgan fingerprint density at radius 3 is 2.30 bits per heavy atom. The Morgan fingerprint density at radius 2 is 1.90 bits per heavy atom. The summed E-state index contributed by atoms with van der Waals surface area (Å²) in [6.45, 7) is 0. The van der Waals surface area contributed by atoms with E-state index in [2.05, 4.69) is 15.9 Å². The van der Waals surface area contributed by atoms with Gasteiger partial charge in [-0.3, -0.25) is 9.50 Å². The summed E-state index contributed by atoms with van der Waals surface area (Å²) >= 11 is 3.23. The van der Waals surface area contributed by atoms with E-state index in [4.69, 9.17) is 0 Å². The van der Waals surface area contributed by atoms with Gasteiger partial charge in [-0.1, -0.05) is 34.1 Å². The van der Waals surface area contributed by atoms with Crippen LogP contribution in [0.25, 0.3) is 0 Å². The van der Waals surface area contributed by atoms with Crippen LogP contribution in [0.15, 0.2) is 28.7 Å². The monoisotopic (exact) mass is 204 g/mol. The first-order valence-electron chi connectivity index (χ1n) is 2.54. The summed E-state index contributed by atoms with van der Waals surface area (Å²) in [5.41, 5.74) is 0.692. The highest BCUT2D eigenvalue weighted by Gasteiger charge is 1.92. The maximum absolute atomic E-state index is 10.2. The van der Waals surface area contributed by atoms with Crippen LogP contribution in [0.2, 0.25) is 0 Å². The van der Waals surface area contributed by atoms with Crippen molar-refractivity contribution in [3.8, 4) is 0 Å². The zero-order chi connectivity index (χ0) is 6.69. The molecule has 0 amide bonds. The Hall–Kier alpha value is -0.700. The molecule has 0 aliphatic heterocycles. The van der Waals surface area contributed by atoms with E-state index in [1.165, 1.54) is 0 Å². The molecule has 1 nitrogen and oxygen atoms in total. The Morgan fingerprint density at radius 1 is 1.30 bits per heavy atom. The highest BCUT2D eigenvalue weighted by molar-refractivity contribution is 9.10. The maximum Gasteiger partial charge on any atom is 0.151 e. The Balaban J connectivity index is 0.000000810. The van der Waals surface area contributed by atoms with Gasteiger partial charge in [0.2, 0.25) is 0 Å². The van der Waals surface area contributed by atoms with Gasteiger partial charge in [0.15, 0.2) is 6.29 Å². The molecule has 0 fully saturated rings. The van der Waals surface area contributed by atoms with E-state index >= 15 is 0 Å². The minimum absolute atomic E-state index is 0. The topological polar surface area (TPSA) is 17.1 Å². The fourth-order valence-corrected chi connectivity index (χ4v) is 0.949. The second-order valence-corrected chi connectivity index (χ2v) is 2.49. The molecule has 0 aliphatic carbocycles. The summed E-state index contributed by atoms with van der Waals surface area (Å²) in [6, 6.07) is 7.30. The van der Waals surface area contributed by atoms with Gasteiger partial charge in [-0.2, -0.15) is 0 Å². The number of halogens is 2. The van der Waals surface area contributed by atoms with E-state index in [-0.39, 0.29) is 4.70 Å². The van der Waals surface area contributed by atoms with Gasteiger partial charge in [-0.05, 0) is 6.07 Å². The van der Waals surface area contributed by atoms with Gasteiger partial charge in [0.05, 0.1) is 0 Å². The summed E-state index contributed by atoms with van der Waals surface area (Å²) in [4.78, 5) is 10.2. The van der Waals surface area contributed by atoms with Gasteiger partial charge in [-0.15, -0.1) is 0 Å². The fraction of sp³-hybridized carbons (Fsp3) is 0. The summed E-state index contributed by atoms with van der Waals surface area (Å²) in [5, 5.41) is 0. The molecule has 10 heavy (non-hydrogen) atoms. The zero-order valence-corrected chi connectivity index (χ0v) is 6.67. The summed E-state index contributed by atoms with van der Waals surface area (Å²) in [7, 11) is 0. The molecule has 54 valence electrons. The van der Waals surface area contributed by atoms with Gasteiger partial charge in [0, 0.05) is 10.0 Å². The largest absolute Gasteiger partial charge is 0.298 e. The van der Waals surface area contributed by atoms with Crippen molar-refractivity contribution in [2.45, 2.75) is 0 Å². The molecule has 0 unspecified atom stereocenters. The Labute approximate surface area is 66.6 Å². The molecule has 0 saturated carbocycles. The maximum atomic E-state index is 10.2. The SMILES string of the molecule is F.O=Cc1ccccc1Br. The minimum atomic E-state index is 0. The van der Waals surface area contributed by atoms with Gasteiger partial charge < -0.3 is 0 Å². The molecule has 0 N–H and O–H groups in total. The summed E-state index contributed by atoms with van der Waals surface area (Å²) in [5.74, 6) is 0. The summed E-state index contributed by atoms with van der Waals surface area (Å²) in [6.07, 6.45) is 0.823. The third-order valence-corrected chi connectivity index (χ3v) is 1.75. The van der Waals surface area contributed by atoms with Crippen molar-refractivity contribution >= 4 is 22.2 Å². The molecule has 3 heteroatoms. The zero-order valence-electron chi connectivity index (χ0n) is 5.08. The predicted octanol–water partition coefficient (Wildman–Crippen LogP) is 2.41. The van der Waals surface area contributed by atoms with E-state index in [1.807, 2.05) is 18.2 Å². The van der Waals surface area contributed by atoms with Crippen LogP contribution in [0.1, 0.15) is 10.4 Å². The van der Waals surface area contributed by atoms with E-state index in [0.717, 1.165) is 10.8 Å². The van der Waals surface area contributed by atoms with E-state index in [0.29, 0.717) is 5.56 Å². The number of hydrogen-bond acceptors (Lipinski definition) is 1. The number of carbonyl (C=O) groups excluding carboxylic acids is 1. The Bertz CT molecular complexity index is 225. The van der Waals surface area contributed by atoms with Gasteiger partial charge in [-0.25, -0.2) is 0 Å². The molecule has 0 heterocycles. The standard InChI is InChI=1S/C7H5BrO.FH/c8-7-4-2-1-3-6(7)5-9;/h1-5H;1H. The van der Waals surface area contributed by atoms with E-state index < -0.39 is 0 Å². The van der Waals surface area contributed by atoms with Crippen LogP contribution >= 0.6 is 15.9 Å². The lowest BCUT2D eigenvalue weighted by Gasteiger charge is -1.90. The molecule has 1 aromatic rings. The van der Waals surface area contributed by atoms with Crippen LogP contribution in [0.5, 0.6) is 0 Å². The average Bonchev–Trinajstić information content (AvgIpc) is 1.89. The summed E-state index contributed by atoms with van der Waals surface area (Å²) < 4.78 is 0.847. The van der Waals surface area contributed by atoms with Crippen molar-refractivity contribution in [2.24, 2.45) is 0 Å². The number of hydrogen-bond donors (Lipinski definition) is 0. The lowest BCUT2D eigenvalue weighted by molar-refractivity contribution is 0.112. The van der Waals surface area contributed by atoms with Crippen molar-refractivity contribution in [1.82, 2.24) is 0 Å². The fourth-order valence-electron chi connectivity index (χ4n) is 0.571. The van der Waals surface area contributed by atoms with Crippen LogP contribution in [0.4, 0.5) is 4.70 Å². The molecule has 0 radical (unpaired) electrons. The molecule has 1 rings (SSSR count). The van der Waals surface area contributed by atoms with Crippen molar-refractivity contribution in [3.05, 3.63) is 34.3 Å². The average molecular weight is 205 g/mol. The number of benzene rings is 1. The smallest absolute Gasteiger partial charge is 0.151 e. The minimum Gasteiger partial charge on any atom is -0.298 e. The number of aldehydes is 1. The van der Waals surface area contributed by atoms with Crippen LogP contribution in [-0.4, -0.2) is 6.29 Å². The second-order valence-electron chi connectivity index (χ2n) is 1.64. The molecule has 1 aromatic carbocycles. The first-order chi connectivity index (χ1) is 4.34. The van der Waals surface area contributed by atoms with Crippen molar-refractivity contribution in [3.63, 3.8) is 0 Å². The van der Waals surface area contributed by atoms with Crippen molar-refractivity contribution in [2.75, 3.05) is 0 Å². The van der Waals surface area contributed by atoms with Crippen molar-refractivity contribution < 1.29 is 9.50 Å². The molecule has 0 atom stereocenters. The normalized spacial score (nSPS) is 8.10. The predicted molar refractivity (Wildman–Crippen MR) is 42.0 cm³/mol. The van der Waals surface area contributed by atoms with Gasteiger partial charge in [0.1, 0.15) is 0 Å². The van der Waals surface area contributed by atoms with Gasteiger partial charge >= 0.3 is 0 Å². The van der Waals surface area contributed by atoms with Crippen LogP contribution in [-0.2, 0) is 0 Å². The third kappa shape index (κ3) is 1.92. The molecular weight excluding hydrogens is 199 g/mol. The molecule has 0 aliphatic rings. The second kappa shape index (κ2) is 4.17. The number of carbonyl (C=O) groups is 1. The molecule has 0 spiro atoms. The lowest BCUT2D eigenvalue weighted by Crippen LogP contribution is -1.78. The first-order valence-corrected chi connectivity index (χ1v) is 3.33. The molecule has 0 saturated heterocycles. The van der Waals surface area contributed by atoms with Crippen molar-refractivity contribution in [1.29, 1.82) is 0 Å². The highest BCUT2D eigenvalue weighted by Crippen LogP contribution is 2.12. The first kappa shape index (κ1) is 9.30. The van der Waals surface area contributed by atoms with Crippen LogP contribution in [0, 0.1) is 0 Å². The number of rotatable bonds is 1. The lowest BCUT2D eigenvalue weighted by atomic mass is 10.2. The van der Waals surface area contributed by atoms with Gasteiger partial charge in [0.25, 0.3) is 0 Å². The molecular formula is C7H6BrFO. The quantitative estimate of drug-likeness (QED) is 0.643. The molecule has 0 bridgehead atoms. The molecule has 0 aromatic heterocycles.